The van der Waals surface area contributed by atoms with Gasteiger partial charge < -0.3 is 4.90 Å². The van der Waals surface area contributed by atoms with Crippen LogP contribution in [0, 0.1) is 13.8 Å². The third-order valence-electron chi connectivity index (χ3n) is 4.36. The van der Waals surface area contributed by atoms with Crippen molar-refractivity contribution in [2.75, 3.05) is 32.1 Å². The van der Waals surface area contributed by atoms with Gasteiger partial charge in [0.15, 0.2) is 10.8 Å². The van der Waals surface area contributed by atoms with Crippen molar-refractivity contribution in [3.63, 3.8) is 0 Å². The molecule has 8 heteroatoms. The van der Waals surface area contributed by atoms with Gasteiger partial charge in [0.2, 0.25) is 0 Å². The topological polar surface area (TPSA) is 54.3 Å². The molecule has 2 heterocycles. The lowest BCUT2D eigenvalue weighted by molar-refractivity contribution is 0.0979. The minimum absolute atomic E-state index is 0. The lowest BCUT2D eigenvalue weighted by Crippen LogP contribution is -2.37. The van der Waals surface area contributed by atoms with E-state index < -0.39 is 0 Å². The maximum atomic E-state index is 13.1. The molecular weight excluding hydrogens is 382 g/mol. The molecule has 3 aromatic rings. The van der Waals surface area contributed by atoms with E-state index in [0.29, 0.717) is 12.2 Å². The van der Waals surface area contributed by atoms with Crippen LogP contribution in [-0.2, 0) is 6.54 Å². The largest absolute Gasteiger partial charge is 0.308 e. The Kier molecular flexibility index (Phi) is 6.97. The van der Waals surface area contributed by atoms with Gasteiger partial charge in [-0.2, -0.15) is 5.10 Å². The van der Waals surface area contributed by atoms with Crippen molar-refractivity contribution in [3.8, 4) is 0 Å². The predicted octanol–water partition coefficient (Wildman–Crippen LogP) is 3.76. The number of anilines is 1. The summed E-state index contributed by atoms with van der Waals surface area (Å²) in [6.07, 6.45) is 1.84. The first-order valence-corrected chi connectivity index (χ1v) is 9.59. The Hall–Kier alpha value is -1.96. The van der Waals surface area contributed by atoms with Crippen molar-refractivity contribution in [1.82, 2.24) is 19.7 Å². The Morgan fingerprint density at radius 1 is 1.15 bits per heavy atom. The van der Waals surface area contributed by atoms with Gasteiger partial charge in [0, 0.05) is 25.8 Å². The maximum Gasteiger partial charge on any atom is 0.280 e. The predicted molar refractivity (Wildman–Crippen MR) is 114 cm³/mol. The molecule has 0 atom stereocenters. The number of hydrogen-bond acceptors (Lipinski definition) is 5. The molecule has 0 unspecified atom stereocenters. The Morgan fingerprint density at radius 2 is 1.85 bits per heavy atom. The number of rotatable bonds is 6. The van der Waals surface area contributed by atoms with Gasteiger partial charge in [-0.05, 0) is 52.1 Å². The van der Waals surface area contributed by atoms with Gasteiger partial charge in [-0.15, -0.1) is 12.4 Å². The monoisotopic (exact) mass is 407 g/mol. The van der Waals surface area contributed by atoms with Gasteiger partial charge in [-0.25, -0.2) is 4.98 Å². The molecule has 1 aromatic carbocycles. The molecule has 0 bridgehead atoms. The Morgan fingerprint density at radius 3 is 2.44 bits per heavy atom. The summed E-state index contributed by atoms with van der Waals surface area (Å²) in [5.41, 5.74) is 3.75. The normalized spacial score (nSPS) is 11.0. The van der Waals surface area contributed by atoms with Crippen LogP contribution >= 0.6 is 23.7 Å². The number of carbonyl (C=O) groups excluding carboxylic acids is 1. The quantitative estimate of drug-likeness (QED) is 0.624. The Bertz CT molecular complexity index is 894. The van der Waals surface area contributed by atoms with Crippen molar-refractivity contribution in [1.29, 1.82) is 0 Å². The fourth-order valence-corrected chi connectivity index (χ4v) is 3.87. The SMILES string of the molecule is CCn1ccc(C(=O)N(CCN(C)C)c2nc3c(C)ccc(C)c3s2)n1.Cl. The van der Waals surface area contributed by atoms with Gasteiger partial charge >= 0.3 is 0 Å². The average Bonchev–Trinajstić information content (AvgIpc) is 3.25. The van der Waals surface area contributed by atoms with Crippen LogP contribution < -0.4 is 4.90 Å². The molecule has 3 rings (SSSR count). The molecule has 0 aliphatic heterocycles. The Balaban J connectivity index is 0.00000261. The van der Waals surface area contributed by atoms with Crippen LogP contribution in [0.2, 0.25) is 0 Å². The average molecular weight is 408 g/mol. The molecule has 0 radical (unpaired) electrons. The number of likely N-dealkylation sites (N-methyl/N-ethyl adjacent to an activating group) is 1. The Labute approximate surface area is 170 Å². The summed E-state index contributed by atoms with van der Waals surface area (Å²) in [4.78, 5) is 21.7. The minimum Gasteiger partial charge on any atom is -0.308 e. The van der Waals surface area contributed by atoms with E-state index in [1.165, 1.54) is 5.56 Å². The molecule has 0 aliphatic carbocycles. The van der Waals surface area contributed by atoms with Crippen LogP contribution in [0.15, 0.2) is 24.4 Å². The summed E-state index contributed by atoms with van der Waals surface area (Å²) >= 11 is 1.57. The van der Waals surface area contributed by atoms with E-state index in [1.807, 2.05) is 27.2 Å². The number of thiazole rings is 1. The highest BCUT2D eigenvalue weighted by Gasteiger charge is 2.24. The molecule has 27 heavy (non-hydrogen) atoms. The van der Waals surface area contributed by atoms with Gasteiger partial charge in [-0.3, -0.25) is 14.4 Å². The molecule has 0 spiro atoms. The van der Waals surface area contributed by atoms with Gasteiger partial charge in [0.25, 0.3) is 5.91 Å². The summed E-state index contributed by atoms with van der Waals surface area (Å²) in [6, 6.07) is 5.96. The molecular formula is C19H26ClN5OS. The second-order valence-corrected chi connectivity index (χ2v) is 7.67. The van der Waals surface area contributed by atoms with E-state index >= 15 is 0 Å². The number of amides is 1. The van der Waals surface area contributed by atoms with Gasteiger partial charge in [-0.1, -0.05) is 23.5 Å². The van der Waals surface area contributed by atoms with Crippen molar-refractivity contribution in [2.24, 2.45) is 0 Å². The first kappa shape index (κ1) is 21.3. The van der Waals surface area contributed by atoms with E-state index in [4.69, 9.17) is 4.98 Å². The van der Waals surface area contributed by atoms with Crippen molar-refractivity contribution in [2.45, 2.75) is 27.3 Å². The standard InChI is InChI=1S/C19H25N5OS.ClH/c1-6-23-10-9-15(21-23)18(25)24(12-11-22(4)5)19-20-16-13(2)7-8-14(3)17(16)26-19;/h7-10H,6,11-12H2,1-5H3;1H. The molecule has 2 aromatic heterocycles. The first-order valence-electron chi connectivity index (χ1n) is 8.77. The third-order valence-corrected chi connectivity index (χ3v) is 5.58. The lowest BCUT2D eigenvalue weighted by atomic mass is 10.1. The zero-order chi connectivity index (χ0) is 18.8. The fraction of sp³-hybridized carbons (Fsp3) is 0.421. The molecule has 0 saturated heterocycles. The van der Waals surface area contributed by atoms with Crippen LogP contribution in [0.1, 0.15) is 28.5 Å². The first-order chi connectivity index (χ1) is 12.4. The number of hydrogen-bond donors (Lipinski definition) is 0. The zero-order valence-corrected chi connectivity index (χ0v) is 18.0. The summed E-state index contributed by atoms with van der Waals surface area (Å²) < 4.78 is 2.91. The molecule has 1 amide bonds. The summed E-state index contributed by atoms with van der Waals surface area (Å²) in [5, 5.41) is 5.11. The number of benzene rings is 1. The van der Waals surface area contributed by atoms with E-state index in [2.05, 4.69) is 36.0 Å². The van der Waals surface area contributed by atoms with Crippen LogP contribution in [0.5, 0.6) is 0 Å². The van der Waals surface area contributed by atoms with E-state index in [1.54, 1.807) is 27.0 Å². The summed E-state index contributed by atoms with van der Waals surface area (Å²) in [5.74, 6) is -0.103. The number of fused-ring (bicyclic) bond motifs is 1. The van der Waals surface area contributed by atoms with E-state index in [9.17, 15) is 4.79 Å². The highest BCUT2D eigenvalue weighted by Crippen LogP contribution is 2.33. The number of nitrogens with zero attached hydrogens (tertiary/aromatic N) is 5. The second kappa shape index (κ2) is 8.82. The van der Waals surface area contributed by atoms with Crippen molar-refractivity contribution in [3.05, 3.63) is 41.2 Å². The van der Waals surface area contributed by atoms with Crippen LogP contribution in [-0.4, -0.2) is 52.8 Å². The third kappa shape index (κ3) is 4.48. The molecule has 6 nitrogen and oxygen atoms in total. The maximum absolute atomic E-state index is 13.1. The number of aromatic nitrogens is 3. The fourth-order valence-electron chi connectivity index (χ4n) is 2.74. The highest BCUT2D eigenvalue weighted by atomic mass is 35.5. The highest BCUT2D eigenvalue weighted by molar-refractivity contribution is 7.22. The van der Waals surface area contributed by atoms with Crippen molar-refractivity contribution < 1.29 is 4.79 Å². The van der Waals surface area contributed by atoms with E-state index in [0.717, 1.165) is 34.0 Å². The molecule has 146 valence electrons. The molecule has 0 saturated carbocycles. The number of carbonyl (C=O) groups is 1. The zero-order valence-electron chi connectivity index (χ0n) is 16.4. The summed E-state index contributed by atoms with van der Waals surface area (Å²) in [6.45, 7) is 8.21. The van der Waals surface area contributed by atoms with E-state index in [-0.39, 0.29) is 18.3 Å². The number of aryl methyl sites for hydroxylation is 3. The molecule has 0 N–H and O–H groups in total. The number of halogens is 1. The van der Waals surface area contributed by atoms with Crippen LogP contribution in [0.4, 0.5) is 5.13 Å². The second-order valence-electron chi connectivity index (χ2n) is 6.69. The molecule has 0 aliphatic rings. The lowest BCUT2D eigenvalue weighted by Gasteiger charge is -2.21. The van der Waals surface area contributed by atoms with Gasteiger partial charge in [0.05, 0.1) is 10.2 Å². The molecule has 0 fully saturated rings. The van der Waals surface area contributed by atoms with Crippen molar-refractivity contribution >= 4 is 45.0 Å². The smallest absolute Gasteiger partial charge is 0.280 e. The summed E-state index contributed by atoms with van der Waals surface area (Å²) in [7, 11) is 4.00. The minimum atomic E-state index is -0.103. The van der Waals surface area contributed by atoms with Crippen LogP contribution in [0.3, 0.4) is 0 Å². The van der Waals surface area contributed by atoms with Crippen LogP contribution in [0.25, 0.3) is 10.2 Å². The van der Waals surface area contributed by atoms with Gasteiger partial charge in [0.1, 0.15) is 0 Å².